The third-order valence-electron chi connectivity index (χ3n) is 2.05. The molecule has 6 heteroatoms. The second-order valence-corrected chi connectivity index (χ2v) is 3.68. The zero-order valence-electron chi connectivity index (χ0n) is 8.93. The number of nitrogens with two attached hydrogens (primary N) is 1. The molecular weight excluding hydrogens is 200 g/mol. The Morgan fingerprint density at radius 3 is 2.27 bits per heavy atom. The highest BCUT2D eigenvalue weighted by atomic mass is 16.4. The normalized spacial score (nSPS) is 14.7. The van der Waals surface area contributed by atoms with Crippen LogP contribution in [-0.2, 0) is 9.59 Å². The first-order valence-electron chi connectivity index (χ1n) is 4.79. The van der Waals surface area contributed by atoms with E-state index in [0.29, 0.717) is 0 Å². The van der Waals surface area contributed by atoms with E-state index in [2.05, 4.69) is 5.32 Å². The molecule has 0 aromatic rings. The molecule has 15 heavy (non-hydrogen) atoms. The smallest absolute Gasteiger partial charge is 0.326 e. The van der Waals surface area contributed by atoms with Crippen LogP contribution in [0.25, 0.3) is 0 Å². The molecule has 0 radical (unpaired) electrons. The molecule has 0 saturated carbocycles. The van der Waals surface area contributed by atoms with Crippen LogP contribution in [0.5, 0.6) is 0 Å². The van der Waals surface area contributed by atoms with Gasteiger partial charge >= 0.3 is 5.97 Å². The highest BCUT2D eigenvalue weighted by Gasteiger charge is 2.24. The number of hydrogen-bond acceptors (Lipinski definition) is 4. The van der Waals surface area contributed by atoms with E-state index in [1.54, 1.807) is 13.8 Å². The Balaban J connectivity index is 4.28. The summed E-state index contributed by atoms with van der Waals surface area (Å²) >= 11 is 0. The molecule has 1 amide bonds. The monoisotopic (exact) mass is 218 g/mol. The number of aliphatic hydroxyl groups is 1. The number of nitrogens with one attached hydrogen (secondary N) is 1. The minimum absolute atomic E-state index is 0.0219. The minimum Gasteiger partial charge on any atom is -0.480 e. The van der Waals surface area contributed by atoms with Crippen molar-refractivity contribution in [2.45, 2.75) is 32.4 Å². The maximum atomic E-state index is 11.4. The van der Waals surface area contributed by atoms with Gasteiger partial charge in [0.25, 0.3) is 0 Å². The summed E-state index contributed by atoms with van der Waals surface area (Å²) in [5.41, 5.74) is 5.54. The number of rotatable bonds is 6. The molecule has 0 aromatic heterocycles. The SMILES string of the molecule is CC(C)C(N)C(=O)NC(CCO)C(=O)O. The Bertz CT molecular complexity index is 230. The predicted octanol–water partition coefficient (Wildman–Crippen LogP) is -1.08. The molecule has 0 fully saturated rings. The van der Waals surface area contributed by atoms with Gasteiger partial charge in [0, 0.05) is 13.0 Å². The molecule has 0 aliphatic heterocycles. The van der Waals surface area contributed by atoms with E-state index in [-0.39, 0.29) is 18.9 Å². The number of amides is 1. The Labute approximate surface area is 88.5 Å². The van der Waals surface area contributed by atoms with Gasteiger partial charge in [0.15, 0.2) is 0 Å². The summed E-state index contributed by atoms with van der Waals surface area (Å²) in [5.74, 6) is -1.74. The van der Waals surface area contributed by atoms with Gasteiger partial charge in [-0.2, -0.15) is 0 Å². The molecule has 0 aromatic carbocycles. The standard InChI is InChI=1S/C9H18N2O4/c1-5(2)7(10)8(13)11-6(3-4-12)9(14)15/h5-7,12H,3-4,10H2,1-2H3,(H,11,13)(H,14,15). The van der Waals surface area contributed by atoms with Gasteiger partial charge in [-0.05, 0) is 5.92 Å². The average molecular weight is 218 g/mol. The second kappa shape index (κ2) is 6.36. The maximum absolute atomic E-state index is 11.4. The lowest BCUT2D eigenvalue weighted by atomic mass is 10.0. The van der Waals surface area contributed by atoms with E-state index in [4.69, 9.17) is 15.9 Å². The van der Waals surface area contributed by atoms with Gasteiger partial charge in [0.2, 0.25) is 5.91 Å². The van der Waals surface area contributed by atoms with Crippen LogP contribution in [0.3, 0.4) is 0 Å². The molecule has 5 N–H and O–H groups in total. The molecule has 0 heterocycles. The number of hydrogen-bond donors (Lipinski definition) is 4. The summed E-state index contributed by atoms with van der Waals surface area (Å²) in [6, 6.07) is -1.81. The number of carboxylic acid groups (broad SMARTS) is 1. The van der Waals surface area contributed by atoms with Crippen LogP contribution in [0.4, 0.5) is 0 Å². The molecule has 88 valence electrons. The molecule has 6 nitrogen and oxygen atoms in total. The molecule has 0 rings (SSSR count). The number of aliphatic carboxylic acids is 1. The highest BCUT2D eigenvalue weighted by Crippen LogP contribution is 2.00. The van der Waals surface area contributed by atoms with Crippen molar-refractivity contribution in [2.75, 3.05) is 6.61 Å². The van der Waals surface area contributed by atoms with Crippen LogP contribution in [0.15, 0.2) is 0 Å². The first kappa shape index (κ1) is 13.9. The fraction of sp³-hybridized carbons (Fsp3) is 0.778. The van der Waals surface area contributed by atoms with Crippen LogP contribution in [0.2, 0.25) is 0 Å². The summed E-state index contributed by atoms with van der Waals surface area (Å²) in [6.07, 6.45) is -0.0219. The van der Waals surface area contributed by atoms with Gasteiger partial charge in [-0.15, -0.1) is 0 Å². The van der Waals surface area contributed by atoms with Gasteiger partial charge in [0.05, 0.1) is 6.04 Å². The zero-order valence-corrected chi connectivity index (χ0v) is 8.93. The van der Waals surface area contributed by atoms with Crippen molar-refractivity contribution in [3.63, 3.8) is 0 Å². The third kappa shape index (κ3) is 4.75. The summed E-state index contributed by atoms with van der Waals surface area (Å²) in [5, 5.41) is 19.6. The molecule has 0 aliphatic carbocycles. The van der Waals surface area contributed by atoms with Gasteiger partial charge < -0.3 is 21.3 Å². The minimum atomic E-state index is -1.17. The van der Waals surface area contributed by atoms with Gasteiger partial charge in [-0.25, -0.2) is 4.79 Å². The molecular formula is C9H18N2O4. The number of carbonyl (C=O) groups excluding carboxylic acids is 1. The van der Waals surface area contributed by atoms with Crippen LogP contribution in [-0.4, -0.2) is 40.8 Å². The lowest BCUT2D eigenvalue weighted by molar-refractivity contribution is -0.142. The lowest BCUT2D eigenvalue weighted by Crippen LogP contribution is -2.50. The molecule has 2 atom stereocenters. The molecule has 0 aliphatic rings. The van der Waals surface area contributed by atoms with Crippen molar-refractivity contribution in [3.05, 3.63) is 0 Å². The van der Waals surface area contributed by atoms with Gasteiger partial charge in [-0.3, -0.25) is 4.79 Å². The summed E-state index contributed by atoms with van der Waals surface area (Å²) < 4.78 is 0. The molecule has 2 unspecified atom stereocenters. The van der Waals surface area contributed by atoms with E-state index in [1.807, 2.05) is 0 Å². The maximum Gasteiger partial charge on any atom is 0.326 e. The van der Waals surface area contributed by atoms with E-state index in [0.717, 1.165) is 0 Å². The van der Waals surface area contributed by atoms with Crippen molar-refractivity contribution in [1.82, 2.24) is 5.32 Å². The third-order valence-corrected chi connectivity index (χ3v) is 2.05. The first-order valence-corrected chi connectivity index (χ1v) is 4.79. The number of aliphatic hydroxyl groups excluding tert-OH is 1. The van der Waals surface area contributed by atoms with Crippen LogP contribution in [0, 0.1) is 5.92 Å². The fourth-order valence-corrected chi connectivity index (χ4v) is 0.957. The molecule has 0 spiro atoms. The summed E-state index contributed by atoms with van der Waals surface area (Å²) in [6.45, 7) is 3.24. The van der Waals surface area contributed by atoms with E-state index in [9.17, 15) is 9.59 Å². The van der Waals surface area contributed by atoms with Crippen LogP contribution in [0.1, 0.15) is 20.3 Å². The number of carboxylic acids is 1. The van der Waals surface area contributed by atoms with Crippen molar-refractivity contribution < 1.29 is 19.8 Å². The van der Waals surface area contributed by atoms with Gasteiger partial charge in [-0.1, -0.05) is 13.8 Å². The Kier molecular flexibility index (Phi) is 5.88. The van der Waals surface area contributed by atoms with Crippen LogP contribution >= 0.6 is 0 Å². The second-order valence-electron chi connectivity index (χ2n) is 3.68. The van der Waals surface area contributed by atoms with Crippen molar-refractivity contribution in [1.29, 1.82) is 0 Å². The quantitative estimate of drug-likeness (QED) is 0.453. The largest absolute Gasteiger partial charge is 0.480 e. The molecule has 0 bridgehead atoms. The first-order chi connectivity index (χ1) is 6.90. The van der Waals surface area contributed by atoms with Crippen LogP contribution < -0.4 is 11.1 Å². The molecule has 0 saturated heterocycles. The van der Waals surface area contributed by atoms with E-state index in [1.165, 1.54) is 0 Å². The van der Waals surface area contributed by atoms with Gasteiger partial charge in [0.1, 0.15) is 6.04 Å². The zero-order chi connectivity index (χ0) is 12.0. The number of carbonyl (C=O) groups is 2. The van der Waals surface area contributed by atoms with Crippen molar-refractivity contribution in [2.24, 2.45) is 11.7 Å². The Hall–Kier alpha value is -1.14. The van der Waals surface area contributed by atoms with Crippen molar-refractivity contribution in [3.8, 4) is 0 Å². The fourth-order valence-electron chi connectivity index (χ4n) is 0.957. The highest BCUT2D eigenvalue weighted by molar-refractivity contribution is 5.86. The summed E-state index contributed by atoms with van der Waals surface area (Å²) in [7, 11) is 0. The Morgan fingerprint density at radius 2 is 1.93 bits per heavy atom. The van der Waals surface area contributed by atoms with E-state index >= 15 is 0 Å². The van der Waals surface area contributed by atoms with E-state index < -0.39 is 24.0 Å². The predicted molar refractivity (Wildman–Crippen MR) is 54.1 cm³/mol. The topological polar surface area (TPSA) is 113 Å². The van der Waals surface area contributed by atoms with Crippen molar-refractivity contribution >= 4 is 11.9 Å². The lowest BCUT2D eigenvalue weighted by Gasteiger charge is -2.19. The average Bonchev–Trinajstić information content (AvgIpc) is 2.15. The Morgan fingerprint density at radius 1 is 1.40 bits per heavy atom. The summed E-state index contributed by atoms with van der Waals surface area (Å²) in [4.78, 5) is 22.0.